The topological polar surface area (TPSA) is 66.4 Å². The number of rotatable bonds is 5. The molecule has 1 aromatic rings. The molecule has 0 spiro atoms. The van der Waals surface area contributed by atoms with E-state index in [0.717, 1.165) is 22.1 Å². The Kier molecular flexibility index (Phi) is 5.62. The van der Waals surface area contributed by atoms with E-state index >= 15 is 0 Å². The first-order valence-electron chi connectivity index (χ1n) is 5.92. The second-order valence-electron chi connectivity index (χ2n) is 4.21. The monoisotopic (exact) mass is 339 g/mol. The molecule has 0 aromatic carbocycles. The maximum absolute atomic E-state index is 12.2. The van der Waals surface area contributed by atoms with E-state index in [1.807, 2.05) is 23.5 Å². The lowest BCUT2D eigenvalue weighted by Gasteiger charge is -2.21. The van der Waals surface area contributed by atoms with Gasteiger partial charge in [-0.3, -0.25) is 0 Å². The second kappa shape index (κ2) is 6.82. The third kappa shape index (κ3) is 4.12. The molecule has 1 aliphatic rings. The summed E-state index contributed by atoms with van der Waals surface area (Å²) < 4.78 is 27.1. The first kappa shape index (κ1) is 15.7. The molecule has 1 aromatic heterocycles. The van der Waals surface area contributed by atoms with Gasteiger partial charge in [0.25, 0.3) is 0 Å². The largest absolute Gasteiger partial charge is 0.391 e. The molecule has 0 bridgehead atoms. The van der Waals surface area contributed by atoms with E-state index in [0.29, 0.717) is 21.6 Å². The van der Waals surface area contributed by atoms with Crippen molar-refractivity contribution in [3.63, 3.8) is 0 Å². The standard InChI is InChI=1S/C11H17NO3S4/c1-8-11(4-9(6-13)18-8)19(14,15)12-5-10-7-16-2-3-17-10/h4,10,12-13H,2-3,5-7H2,1H3. The second-order valence-corrected chi connectivity index (χ2v) is 9.85. The van der Waals surface area contributed by atoms with Crippen LogP contribution < -0.4 is 4.72 Å². The molecule has 0 aliphatic carbocycles. The molecule has 19 heavy (non-hydrogen) atoms. The first-order valence-corrected chi connectivity index (χ1v) is 10.4. The van der Waals surface area contributed by atoms with Crippen LogP contribution in [0.2, 0.25) is 0 Å². The lowest BCUT2D eigenvalue weighted by molar-refractivity contribution is 0.285. The van der Waals surface area contributed by atoms with Crippen molar-refractivity contribution >= 4 is 44.9 Å². The van der Waals surface area contributed by atoms with E-state index in [1.165, 1.54) is 11.3 Å². The van der Waals surface area contributed by atoms with E-state index < -0.39 is 10.0 Å². The Morgan fingerprint density at radius 1 is 1.47 bits per heavy atom. The summed E-state index contributed by atoms with van der Waals surface area (Å²) in [4.78, 5) is 1.71. The molecule has 0 radical (unpaired) electrons. The number of thiophene rings is 1. The molecule has 2 heterocycles. The highest BCUT2D eigenvalue weighted by atomic mass is 32.2. The molecule has 1 saturated heterocycles. The fourth-order valence-corrected chi connectivity index (χ4v) is 7.10. The summed E-state index contributed by atoms with van der Waals surface area (Å²) in [6.45, 7) is 2.13. The maximum atomic E-state index is 12.2. The van der Waals surface area contributed by atoms with Crippen molar-refractivity contribution in [2.45, 2.75) is 23.7 Å². The van der Waals surface area contributed by atoms with Crippen LogP contribution in [0, 0.1) is 6.92 Å². The molecule has 108 valence electrons. The van der Waals surface area contributed by atoms with Crippen LogP contribution in [0.1, 0.15) is 9.75 Å². The van der Waals surface area contributed by atoms with Crippen LogP contribution in [0.3, 0.4) is 0 Å². The van der Waals surface area contributed by atoms with Crippen molar-refractivity contribution in [1.29, 1.82) is 0 Å². The van der Waals surface area contributed by atoms with Crippen LogP contribution in [-0.4, -0.2) is 42.6 Å². The molecule has 4 nitrogen and oxygen atoms in total. The van der Waals surface area contributed by atoms with Gasteiger partial charge in [0.15, 0.2) is 0 Å². The van der Waals surface area contributed by atoms with Crippen molar-refractivity contribution < 1.29 is 13.5 Å². The summed E-state index contributed by atoms with van der Waals surface area (Å²) in [5.41, 5.74) is 0. The zero-order valence-electron chi connectivity index (χ0n) is 10.6. The number of hydrogen-bond donors (Lipinski definition) is 2. The quantitative estimate of drug-likeness (QED) is 0.854. The number of hydrogen-bond acceptors (Lipinski definition) is 6. The average Bonchev–Trinajstić information content (AvgIpc) is 2.80. The first-order chi connectivity index (χ1) is 9.03. The van der Waals surface area contributed by atoms with Crippen molar-refractivity contribution in [2.24, 2.45) is 0 Å². The predicted molar refractivity (Wildman–Crippen MR) is 83.7 cm³/mol. The van der Waals surface area contributed by atoms with Crippen LogP contribution in [0.4, 0.5) is 0 Å². The van der Waals surface area contributed by atoms with E-state index in [9.17, 15) is 8.42 Å². The molecule has 0 amide bonds. The van der Waals surface area contributed by atoms with Crippen LogP contribution in [0.5, 0.6) is 0 Å². The number of thioether (sulfide) groups is 2. The van der Waals surface area contributed by atoms with Crippen LogP contribution in [-0.2, 0) is 16.6 Å². The Labute approximate surface area is 126 Å². The van der Waals surface area contributed by atoms with Gasteiger partial charge < -0.3 is 5.11 Å². The normalized spacial score (nSPS) is 20.6. The van der Waals surface area contributed by atoms with Gasteiger partial charge in [0.05, 0.1) is 11.5 Å². The number of aliphatic hydroxyl groups is 1. The fourth-order valence-electron chi connectivity index (χ4n) is 1.80. The van der Waals surface area contributed by atoms with E-state index in [2.05, 4.69) is 4.72 Å². The van der Waals surface area contributed by atoms with Gasteiger partial charge in [-0.2, -0.15) is 23.5 Å². The van der Waals surface area contributed by atoms with Gasteiger partial charge in [0, 0.05) is 38.8 Å². The van der Waals surface area contributed by atoms with Gasteiger partial charge >= 0.3 is 0 Å². The van der Waals surface area contributed by atoms with E-state index in [1.54, 1.807) is 13.0 Å². The van der Waals surface area contributed by atoms with Crippen molar-refractivity contribution in [3.8, 4) is 0 Å². The summed E-state index contributed by atoms with van der Waals surface area (Å²) in [5.74, 6) is 3.23. The highest BCUT2D eigenvalue weighted by Gasteiger charge is 2.22. The van der Waals surface area contributed by atoms with Crippen LogP contribution in [0.15, 0.2) is 11.0 Å². The molecule has 2 N–H and O–H groups in total. The smallest absolute Gasteiger partial charge is 0.241 e. The fraction of sp³-hybridized carbons (Fsp3) is 0.636. The Balaban J connectivity index is 2.02. The van der Waals surface area contributed by atoms with Crippen molar-refractivity contribution in [1.82, 2.24) is 4.72 Å². The van der Waals surface area contributed by atoms with E-state index in [4.69, 9.17) is 5.11 Å². The molecule has 1 aliphatic heterocycles. The molecule has 0 saturated carbocycles. The SMILES string of the molecule is Cc1sc(CO)cc1S(=O)(=O)NCC1CSCCS1. The summed E-state index contributed by atoms with van der Waals surface area (Å²) >= 11 is 5.03. The summed E-state index contributed by atoms with van der Waals surface area (Å²) in [6.07, 6.45) is 0. The Bertz CT molecular complexity index is 520. The van der Waals surface area contributed by atoms with Gasteiger partial charge in [-0.1, -0.05) is 0 Å². The van der Waals surface area contributed by atoms with Crippen LogP contribution in [0.25, 0.3) is 0 Å². The van der Waals surface area contributed by atoms with E-state index in [-0.39, 0.29) is 6.61 Å². The minimum absolute atomic E-state index is 0.115. The Morgan fingerprint density at radius 2 is 2.26 bits per heavy atom. The lowest BCUT2D eigenvalue weighted by atomic mass is 10.4. The van der Waals surface area contributed by atoms with Gasteiger partial charge in [-0.05, 0) is 13.0 Å². The summed E-state index contributed by atoms with van der Waals surface area (Å²) in [7, 11) is -3.45. The van der Waals surface area contributed by atoms with Crippen molar-refractivity contribution in [2.75, 3.05) is 23.8 Å². The molecule has 1 atom stereocenters. The minimum Gasteiger partial charge on any atom is -0.391 e. The molecular formula is C11H17NO3S4. The molecule has 2 rings (SSSR count). The highest BCUT2D eigenvalue weighted by molar-refractivity contribution is 8.06. The number of sulfonamides is 1. The minimum atomic E-state index is -3.45. The predicted octanol–water partition coefficient (Wildman–Crippen LogP) is 1.68. The zero-order valence-corrected chi connectivity index (χ0v) is 13.9. The zero-order chi connectivity index (χ0) is 13.9. The third-order valence-corrected chi connectivity index (χ3v) is 8.31. The lowest BCUT2D eigenvalue weighted by Crippen LogP contribution is -2.33. The number of nitrogens with one attached hydrogen (secondary N) is 1. The van der Waals surface area contributed by atoms with Crippen LogP contribution >= 0.6 is 34.9 Å². The number of aryl methyl sites for hydroxylation is 1. The van der Waals surface area contributed by atoms with Gasteiger partial charge in [0.2, 0.25) is 10.0 Å². The highest BCUT2D eigenvalue weighted by Crippen LogP contribution is 2.27. The van der Waals surface area contributed by atoms with Gasteiger partial charge in [0.1, 0.15) is 0 Å². The molecular weight excluding hydrogens is 322 g/mol. The van der Waals surface area contributed by atoms with Gasteiger partial charge in [-0.15, -0.1) is 11.3 Å². The third-order valence-electron chi connectivity index (χ3n) is 2.75. The molecule has 1 unspecified atom stereocenters. The summed E-state index contributed by atoms with van der Waals surface area (Å²) in [5, 5.41) is 9.42. The maximum Gasteiger partial charge on any atom is 0.241 e. The van der Waals surface area contributed by atoms with Crippen molar-refractivity contribution in [3.05, 3.63) is 15.8 Å². The Morgan fingerprint density at radius 3 is 2.84 bits per heavy atom. The number of aliphatic hydroxyl groups excluding tert-OH is 1. The summed E-state index contributed by atoms with van der Waals surface area (Å²) in [6, 6.07) is 1.56. The average molecular weight is 340 g/mol. The van der Waals surface area contributed by atoms with Gasteiger partial charge in [-0.25, -0.2) is 13.1 Å². The molecule has 1 fully saturated rings. The Hall–Kier alpha value is 0.270. The molecule has 8 heteroatoms.